The molecule has 2 bridgehead atoms. The number of alkyl carbamates (subject to hydrolysis) is 1. The third-order valence-corrected chi connectivity index (χ3v) is 12.5. The number of morpholine rings is 1. The number of nitrogens with one attached hydrogen (secondary N) is 1. The fourth-order valence-corrected chi connectivity index (χ4v) is 9.30. The number of nitrogens with zero attached hydrogens (tertiary/aromatic N) is 3. The van der Waals surface area contributed by atoms with Crippen molar-refractivity contribution < 1.29 is 38.4 Å². The van der Waals surface area contributed by atoms with E-state index >= 15 is 0 Å². The van der Waals surface area contributed by atoms with Crippen LogP contribution in [0.1, 0.15) is 45.5 Å². The van der Waals surface area contributed by atoms with Gasteiger partial charge >= 0.3 is 11.8 Å². The SMILES string of the molecule is COc1ccc(C(OCC23CN(C(=O)CNC(=O)OCC4c5ccccc5-c5ccccc54)C(C(n4cc(C)c(N)nc4=O)O2)C3O)(c2ccccc2)c2ccc(OC)cc2)cc1. The molecule has 0 saturated carbocycles. The second kappa shape index (κ2) is 16.7. The maximum absolute atomic E-state index is 14.3. The molecule has 3 aliphatic rings. The van der Waals surface area contributed by atoms with Crippen molar-refractivity contribution in [2.24, 2.45) is 0 Å². The number of nitrogen functional groups attached to an aromatic ring is 1. The number of benzene rings is 5. The number of rotatable bonds is 13. The van der Waals surface area contributed by atoms with Crippen molar-refractivity contribution in [3.8, 4) is 22.6 Å². The van der Waals surface area contributed by atoms with Gasteiger partial charge in [-0.2, -0.15) is 4.98 Å². The van der Waals surface area contributed by atoms with Crippen LogP contribution in [0.5, 0.6) is 11.5 Å². The van der Waals surface area contributed by atoms with Gasteiger partial charge in [0.25, 0.3) is 0 Å². The summed E-state index contributed by atoms with van der Waals surface area (Å²) >= 11 is 0. The van der Waals surface area contributed by atoms with E-state index in [4.69, 9.17) is 29.4 Å². The third kappa shape index (κ3) is 7.25. The first kappa shape index (κ1) is 41.4. The number of aromatic nitrogens is 2. The number of aliphatic hydroxyl groups is 1. The number of aryl methyl sites for hydroxylation is 1. The second-order valence-corrected chi connectivity index (χ2v) is 16.0. The van der Waals surface area contributed by atoms with E-state index in [2.05, 4.69) is 22.4 Å². The molecule has 5 aromatic carbocycles. The quantitative estimate of drug-likeness (QED) is 0.125. The number of carbonyl (C=O) groups excluding carboxylic acids is 2. The minimum Gasteiger partial charge on any atom is -0.497 e. The van der Waals surface area contributed by atoms with Crippen LogP contribution in [0.4, 0.5) is 10.6 Å². The van der Waals surface area contributed by atoms with E-state index in [0.29, 0.717) is 17.1 Å². The molecule has 1 aromatic heterocycles. The molecule has 9 rings (SSSR count). The lowest BCUT2D eigenvalue weighted by Crippen LogP contribution is -2.54. The summed E-state index contributed by atoms with van der Waals surface area (Å²) in [7, 11) is 3.18. The van der Waals surface area contributed by atoms with Crippen LogP contribution < -0.4 is 26.2 Å². The van der Waals surface area contributed by atoms with Gasteiger partial charge in [-0.25, -0.2) is 9.59 Å². The lowest BCUT2D eigenvalue weighted by molar-refractivity contribution is -0.183. The minimum absolute atomic E-state index is 0.0462. The smallest absolute Gasteiger partial charge is 0.407 e. The standard InChI is InChI=1S/C49H47N5O9/c1-30-26-53(46(57)52-44(30)50)45-42-43(56)48(63-45,28-54(42)41(55)25-51-47(58)61-27-40-38-15-9-7-13-36(38)37-14-8-10-16-39(37)40)29-62-49(31-11-5-4-6-12-31,32-17-21-34(59-2)22-18-32)33-19-23-35(60-3)24-20-33/h4-24,26,40,42-43,45,56H,25,27-29H2,1-3H3,(H,51,58)(H2,50,52,57). The van der Waals surface area contributed by atoms with Crippen LogP contribution in [-0.2, 0) is 24.6 Å². The van der Waals surface area contributed by atoms with Gasteiger partial charge < -0.3 is 44.7 Å². The number of nitrogens with two attached hydrogens (primary N) is 1. The fourth-order valence-electron chi connectivity index (χ4n) is 9.30. The average Bonchev–Trinajstić information content (AvgIpc) is 3.90. The summed E-state index contributed by atoms with van der Waals surface area (Å²) in [4.78, 5) is 46.4. The van der Waals surface area contributed by atoms with Crippen LogP contribution in [0.2, 0.25) is 0 Å². The Morgan fingerprint density at radius 3 is 1.98 bits per heavy atom. The van der Waals surface area contributed by atoms with Gasteiger partial charge in [-0.15, -0.1) is 0 Å². The monoisotopic (exact) mass is 849 g/mol. The van der Waals surface area contributed by atoms with Crippen LogP contribution in [0, 0.1) is 6.92 Å². The number of hydrogen-bond donors (Lipinski definition) is 3. The molecule has 1 aliphatic carbocycles. The van der Waals surface area contributed by atoms with Crippen molar-refractivity contribution in [2.45, 2.75) is 42.4 Å². The topological polar surface area (TPSA) is 177 Å². The highest BCUT2D eigenvalue weighted by molar-refractivity contribution is 5.83. The number of amides is 2. The molecule has 4 atom stereocenters. The predicted octanol–water partition coefficient (Wildman–Crippen LogP) is 5.54. The molecular formula is C49H47N5O9. The zero-order valence-electron chi connectivity index (χ0n) is 35.0. The minimum atomic E-state index is -1.57. The van der Waals surface area contributed by atoms with Crippen LogP contribution in [0.3, 0.4) is 0 Å². The van der Waals surface area contributed by atoms with Crippen molar-refractivity contribution in [3.05, 3.63) is 177 Å². The van der Waals surface area contributed by atoms with Crippen molar-refractivity contribution >= 4 is 17.8 Å². The second-order valence-electron chi connectivity index (χ2n) is 16.0. The molecule has 14 heteroatoms. The van der Waals surface area contributed by atoms with Gasteiger partial charge in [-0.1, -0.05) is 103 Å². The maximum Gasteiger partial charge on any atom is 0.407 e. The Kier molecular flexibility index (Phi) is 11.0. The van der Waals surface area contributed by atoms with Crippen molar-refractivity contribution in [1.82, 2.24) is 19.8 Å². The summed E-state index contributed by atoms with van der Waals surface area (Å²) in [6.07, 6.45) is -1.83. The first-order valence-electron chi connectivity index (χ1n) is 20.6. The number of carbonyl (C=O) groups is 2. The van der Waals surface area contributed by atoms with Crippen LogP contribution >= 0.6 is 0 Å². The summed E-state index contributed by atoms with van der Waals surface area (Å²) in [5.41, 5.74) is 9.46. The lowest BCUT2D eigenvalue weighted by atomic mass is 9.79. The van der Waals surface area contributed by atoms with E-state index in [1.54, 1.807) is 21.1 Å². The highest BCUT2D eigenvalue weighted by Gasteiger charge is 2.66. The van der Waals surface area contributed by atoms with Gasteiger partial charge in [0.05, 0.1) is 27.4 Å². The molecule has 63 heavy (non-hydrogen) atoms. The lowest BCUT2D eigenvalue weighted by Gasteiger charge is -2.41. The number of fused-ring (bicyclic) bond motifs is 5. The fraction of sp³-hybridized carbons (Fsp3) is 0.265. The summed E-state index contributed by atoms with van der Waals surface area (Å²) in [5, 5.41) is 14.9. The van der Waals surface area contributed by atoms with Gasteiger partial charge in [0.15, 0.2) is 6.23 Å². The number of anilines is 1. The average molecular weight is 850 g/mol. The van der Waals surface area contributed by atoms with E-state index in [1.165, 1.54) is 15.7 Å². The van der Waals surface area contributed by atoms with E-state index in [-0.39, 0.29) is 31.5 Å². The number of aliphatic hydroxyl groups excluding tert-OH is 1. The molecule has 2 amide bonds. The summed E-state index contributed by atoms with van der Waals surface area (Å²) in [6.45, 7) is 0.914. The number of likely N-dealkylation sites (tertiary alicyclic amines) is 1. The highest BCUT2D eigenvalue weighted by Crippen LogP contribution is 2.50. The number of hydrogen-bond acceptors (Lipinski definition) is 11. The first-order valence-corrected chi connectivity index (χ1v) is 20.6. The van der Waals surface area contributed by atoms with Gasteiger partial charge in [0.1, 0.15) is 53.8 Å². The molecule has 2 saturated heterocycles. The Hall–Kier alpha value is -7.00. The van der Waals surface area contributed by atoms with E-state index < -0.39 is 53.8 Å². The Bertz CT molecular complexity index is 2620. The molecule has 322 valence electrons. The number of methoxy groups -OCH3 is 2. The molecule has 4 N–H and O–H groups in total. The maximum atomic E-state index is 14.3. The van der Waals surface area contributed by atoms with Gasteiger partial charge in [0, 0.05) is 17.7 Å². The molecule has 14 nitrogen and oxygen atoms in total. The summed E-state index contributed by atoms with van der Waals surface area (Å²) < 4.78 is 31.9. The predicted molar refractivity (Wildman–Crippen MR) is 233 cm³/mol. The van der Waals surface area contributed by atoms with Crippen molar-refractivity contribution in [1.29, 1.82) is 0 Å². The Morgan fingerprint density at radius 2 is 1.40 bits per heavy atom. The van der Waals surface area contributed by atoms with Crippen molar-refractivity contribution in [3.63, 3.8) is 0 Å². The summed E-state index contributed by atoms with van der Waals surface area (Å²) in [6, 6.07) is 39.6. The zero-order chi connectivity index (χ0) is 43.9. The van der Waals surface area contributed by atoms with Crippen LogP contribution in [-0.4, -0.2) is 89.8 Å². The third-order valence-electron chi connectivity index (χ3n) is 12.5. The van der Waals surface area contributed by atoms with E-state index in [9.17, 15) is 19.5 Å². The van der Waals surface area contributed by atoms with Crippen LogP contribution in [0.25, 0.3) is 11.1 Å². The molecule has 0 radical (unpaired) electrons. The van der Waals surface area contributed by atoms with E-state index in [1.807, 2.05) is 115 Å². The van der Waals surface area contributed by atoms with Gasteiger partial charge in [-0.05, 0) is 70.1 Å². The van der Waals surface area contributed by atoms with Crippen LogP contribution in [0.15, 0.2) is 138 Å². The molecule has 3 heterocycles. The molecule has 2 aliphatic heterocycles. The summed E-state index contributed by atoms with van der Waals surface area (Å²) in [5.74, 6) is 0.628. The Morgan fingerprint density at radius 1 is 0.841 bits per heavy atom. The molecule has 2 fully saturated rings. The largest absolute Gasteiger partial charge is 0.497 e. The first-order chi connectivity index (χ1) is 30.6. The van der Waals surface area contributed by atoms with Crippen molar-refractivity contribution in [2.75, 3.05) is 46.3 Å². The number of ether oxygens (including phenoxy) is 5. The van der Waals surface area contributed by atoms with Gasteiger partial charge in [-0.3, -0.25) is 9.36 Å². The van der Waals surface area contributed by atoms with Gasteiger partial charge in [0.2, 0.25) is 5.91 Å². The molecule has 0 spiro atoms. The van der Waals surface area contributed by atoms with E-state index in [0.717, 1.165) is 38.9 Å². The molecule has 4 unspecified atom stereocenters. The Labute approximate surface area is 363 Å². The molecular weight excluding hydrogens is 803 g/mol. The normalized spacial score (nSPS) is 19.9. The highest BCUT2D eigenvalue weighted by atomic mass is 16.6. The molecule has 6 aromatic rings. The zero-order valence-corrected chi connectivity index (χ0v) is 35.0. The Balaban J connectivity index is 1.02.